The van der Waals surface area contributed by atoms with Gasteiger partial charge in [0.2, 0.25) is 0 Å². The molecule has 1 aromatic carbocycles. The van der Waals surface area contributed by atoms with Crippen molar-refractivity contribution in [1.82, 2.24) is 4.37 Å². The predicted molar refractivity (Wildman–Crippen MR) is 74.0 cm³/mol. The third-order valence-electron chi connectivity index (χ3n) is 2.65. The molecule has 2 nitrogen and oxygen atoms in total. The van der Waals surface area contributed by atoms with Gasteiger partial charge in [-0.1, -0.05) is 38.1 Å². The van der Waals surface area contributed by atoms with Gasteiger partial charge in [0.15, 0.2) is 0 Å². The molecule has 0 aliphatic carbocycles. The minimum atomic E-state index is 0.573. The van der Waals surface area contributed by atoms with Gasteiger partial charge in [0.1, 0.15) is 0 Å². The molecule has 0 saturated heterocycles. The Morgan fingerprint density at radius 1 is 1.24 bits per heavy atom. The number of hydrogen-bond acceptors (Lipinski definition) is 3. The van der Waals surface area contributed by atoms with E-state index >= 15 is 0 Å². The van der Waals surface area contributed by atoms with Crippen molar-refractivity contribution in [3.8, 4) is 11.3 Å². The van der Waals surface area contributed by atoms with Crippen molar-refractivity contribution in [2.75, 3.05) is 0 Å². The lowest BCUT2D eigenvalue weighted by molar-refractivity contribution is 0.647. The van der Waals surface area contributed by atoms with Gasteiger partial charge in [-0.25, -0.2) is 0 Å². The highest BCUT2D eigenvalue weighted by Gasteiger charge is 2.04. The molecule has 2 N–H and O–H groups in total. The van der Waals surface area contributed by atoms with E-state index in [1.54, 1.807) is 0 Å². The van der Waals surface area contributed by atoms with Crippen LogP contribution in [0.3, 0.4) is 0 Å². The van der Waals surface area contributed by atoms with E-state index in [1.807, 2.05) is 0 Å². The fourth-order valence-electron chi connectivity index (χ4n) is 1.83. The summed E-state index contributed by atoms with van der Waals surface area (Å²) in [6.45, 7) is 5.05. The fraction of sp³-hybridized carbons (Fsp3) is 0.357. The Hall–Kier alpha value is -1.19. The van der Waals surface area contributed by atoms with Crippen molar-refractivity contribution in [1.29, 1.82) is 0 Å². The van der Waals surface area contributed by atoms with Gasteiger partial charge in [0, 0.05) is 17.0 Å². The lowest BCUT2D eigenvalue weighted by Gasteiger charge is -2.05. The Morgan fingerprint density at radius 2 is 1.94 bits per heavy atom. The normalized spacial score (nSPS) is 11.1. The van der Waals surface area contributed by atoms with Crippen molar-refractivity contribution in [3.05, 3.63) is 40.8 Å². The second-order valence-corrected chi connectivity index (χ2v) is 5.57. The number of nitrogens with two attached hydrogens (primary N) is 1. The van der Waals surface area contributed by atoms with Crippen LogP contribution in [0, 0.1) is 5.92 Å². The number of aromatic nitrogens is 1. The summed E-state index contributed by atoms with van der Waals surface area (Å²) in [5, 5.41) is 0. The summed E-state index contributed by atoms with van der Waals surface area (Å²) in [5.41, 5.74) is 9.19. The zero-order valence-electron chi connectivity index (χ0n) is 10.3. The van der Waals surface area contributed by atoms with Crippen LogP contribution in [0.1, 0.15) is 24.3 Å². The van der Waals surface area contributed by atoms with Crippen LogP contribution < -0.4 is 5.73 Å². The Morgan fingerprint density at radius 3 is 2.47 bits per heavy atom. The third kappa shape index (κ3) is 3.14. The largest absolute Gasteiger partial charge is 0.326 e. The molecule has 2 aromatic rings. The molecule has 0 amide bonds. The zero-order valence-corrected chi connectivity index (χ0v) is 11.1. The summed E-state index contributed by atoms with van der Waals surface area (Å²) in [7, 11) is 0. The number of benzene rings is 1. The van der Waals surface area contributed by atoms with E-state index < -0.39 is 0 Å². The Bertz CT molecular complexity index is 471. The summed E-state index contributed by atoms with van der Waals surface area (Å²) in [6.07, 6.45) is 1.13. The van der Waals surface area contributed by atoms with Gasteiger partial charge in [-0.3, -0.25) is 0 Å². The van der Waals surface area contributed by atoms with Crippen LogP contribution in [-0.2, 0) is 13.0 Å². The molecule has 0 bridgehead atoms. The van der Waals surface area contributed by atoms with Crippen molar-refractivity contribution >= 4 is 11.5 Å². The molecule has 17 heavy (non-hydrogen) atoms. The molecule has 0 aliphatic rings. The molecular weight excluding hydrogens is 228 g/mol. The van der Waals surface area contributed by atoms with E-state index in [4.69, 9.17) is 5.73 Å². The van der Waals surface area contributed by atoms with Gasteiger partial charge in [0.25, 0.3) is 0 Å². The van der Waals surface area contributed by atoms with E-state index in [0.29, 0.717) is 12.5 Å². The topological polar surface area (TPSA) is 38.9 Å². The maximum atomic E-state index is 5.59. The van der Waals surface area contributed by atoms with Crippen LogP contribution in [0.25, 0.3) is 11.3 Å². The first kappa shape index (κ1) is 12.3. The van der Waals surface area contributed by atoms with Gasteiger partial charge in [-0.2, -0.15) is 4.37 Å². The van der Waals surface area contributed by atoms with Crippen LogP contribution in [0.5, 0.6) is 0 Å². The first-order chi connectivity index (χ1) is 8.19. The molecule has 3 heteroatoms. The number of nitrogens with zero attached hydrogens (tertiary/aromatic N) is 1. The van der Waals surface area contributed by atoms with Crippen molar-refractivity contribution < 1.29 is 0 Å². The first-order valence-corrected chi connectivity index (χ1v) is 6.71. The summed E-state index contributed by atoms with van der Waals surface area (Å²) in [5.74, 6) is 0.698. The third-order valence-corrected chi connectivity index (χ3v) is 3.46. The van der Waals surface area contributed by atoms with Crippen LogP contribution in [0.2, 0.25) is 0 Å². The molecule has 0 saturated carbocycles. The van der Waals surface area contributed by atoms with E-state index in [2.05, 4.69) is 48.6 Å². The van der Waals surface area contributed by atoms with E-state index in [1.165, 1.54) is 22.7 Å². The second-order valence-electron chi connectivity index (χ2n) is 4.68. The van der Waals surface area contributed by atoms with Crippen LogP contribution >= 0.6 is 11.5 Å². The summed E-state index contributed by atoms with van der Waals surface area (Å²) < 4.78 is 4.41. The molecule has 0 radical (unpaired) electrons. The monoisotopic (exact) mass is 246 g/mol. The predicted octanol–water partition coefficient (Wildman–Crippen LogP) is 3.47. The minimum Gasteiger partial charge on any atom is -0.326 e. The quantitative estimate of drug-likeness (QED) is 0.897. The zero-order chi connectivity index (χ0) is 12.3. The van der Waals surface area contributed by atoms with E-state index in [-0.39, 0.29) is 0 Å². The molecule has 0 aliphatic heterocycles. The molecule has 0 atom stereocenters. The fourth-order valence-corrected chi connectivity index (χ4v) is 2.44. The van der Waals surface area contributed by atoms with Gasteiger partial charge in [-0.15, -0.1) is 0 Å². The molecule has 1 heterocycles. The van der Waals surface area contributed by atoms with E-state index in [0.717, 1.165) is 17.0 Å². The number of hydrogen-bond donors (Lipinski definition) is 1. The standard InChI is InChI=1S/C14H18N2S/c1-10(2)7-11-3-5-12(6-4-11)14-8-13(9-15)17-16-14/h3-6,8,10H,7,9,15H2,1-2H3. The molecule has 2 rings (SSSR count). The van der Waals surface area contributed by atoms with E-state index in [9.17, 15) is 0 Å². The molecule has 1 aromatic heterocycles. The molecule has 0 spiro atoms. The SMILES string of the molecule is CC(C)Cc1ccc(-c2cc(CN)sn2)cc1. The highest BCUT2D eigenvalue weighted by atomic mass is 32.1. The average molecular weight is 246 g/mol. The Labute approximate surface area is 107 Å². The van der Waals surface area contributed by atoms with Crippen molar-refractivity contribution in [3.63, 3.8) is 0 Å². The second kappa shape index (κ2) is 5.43. The molecule has 0 unspecified atom stereocenters. The lowest BCUT2D eigenvalue weighted by atomic mass is 10.0. The van der Waals surface area contributed by atoms with Gasteiger partial charge in [-0.05, 0) is 35.5 Å². The molecular formula is C14H18N2S. The van der Waals surface area contributed by atoms with Crippen LogP contribution in [0.4, 0.5) is 0 Å². The minimum absolute atomic E-state index is 0.573. The smallest absolute Gasteiger partial charge is 0.0844 e. The van der Waals surface area contributed by atoms with Gasteiger partial charge < -0.3 is 5.73 Å². The maximum Gasteiger partial charge on any atom is 0.0844 e. The first-order valence-electron chi connectivity index (χ1n) is 5.94. The maximum absolute atomic E-state index is 5.59. The van der Waals surface area contributed by atoms with Crippen molar-refractivity contribution in [2.24, 2.45) is 11.7 Å². The van der Waals surface area contributed by atoms with Gasteiger partial charge in [0.05, 0.1) is 5.69 Å². The van der Waals surface area contributed by atoms with Crippen molar-refractivity contribution in [2.45, 2.75) is 26.8 Å². The molecule has 0 fully saturated rings. The average Bonchev–Trinajstić information content (AvgIpc) is 2.78. The lowest BCUT2D eigenvalue weighted by Crippen LogP contribution is -1.93. The van der Waals surface area contributed by atoms with Gasteiger partial charge >= 0.3 is 0 Å². The highest BCUT2D eigenvalue weighted by molar-refractivity contribution is 7.06. The summed E-state index contributed by atoms with van der Waals surface area (Å²) >= 11 is 1.48. The number of rotatable bonds is 4. The summed E-state index contributed by atoms with van der Waals surface area (Å²) in [4.78, 5) is 1.13. The van der Waals surface area contributed by atoms with Crippen LogP contribution in [-0.4, -0.2) is 4.37 Å². The Balaban J connectivity index is 2.17. The summed E-state index contributed by atoms with van der Waals surface area (Å²) in [6, 6.07) is 10.7. The highest BCUT2D eigenvalue weighted by Crippen LogP contribution is 2.22. The molecule has 90 valence electrons. The Kier molecular flexibility index (Phi) is 3.92. The van der Waals surface area contributed by atoms with Crippen LogP contribution in [0.15, 0.2) is 30.3 Å².